The van der Waals surface area contributed by atoms with Gasteiger partial charge in [0.25, 0.3) is 0 Å². The van der Waals surface area contributed by atoms with E-state index in [9.17, 15) is 4.79 Å². The Morgan fingerprint density at radius 3 is 3.30 bits per heavy atom. The highest BCUT2D eigenvalue weighted by Gasteiger charge is 2.21. The van der Waals surface area contributed by atoms with Crippen LogP contribution in [-0.4, -0.2) is 41.8 Å². The second-order valence-corrected chi connectivity index (χ2v) is 2.20. The summed E-state index contributed by atoms with van der Waals surface area (Å²) in [6, 6.07) is -0.918. The van der Waals surface area contributed by atoms with Crippen molar-refractivity contribution in [3.63, 3.8) is 0 Å². The molecule has 0 radical (unpaired) electrons. The molecule has 58 valence electrons. The number of amides is 1. The van der Waals surface area contributed by atoms with Crippen molar-refractivity contribution in [3.05, 3.63) is 0 Å². The maximum absolute atomic E-state index is 10.7. The molecule has 1 amide bonds. The zero-order chi connectivity index (χ0) is 10.1. The fraction of sp³-hybridized carbons (Fsp3) is 0.833. The molecular weight excluding hydrogens is 132 g/mol. The van der Waals surface area contributed by atoms with E-state index >= 15 is 0 Å². The van der Waals surface area contributed by atoms with Crippen molar-refractivity contribution in [3.8, 4) is 0 Å². The van der Waals surface area contributed by atoms with Crippen LogP contribution >= 0.6 is 0 Å². The van der Waals surface area contributed by atoms with E-state index in [1.807, 2.05) is 0 Å². The number of piperazine rings is 1. The summed E-state index contributed by atoms with van der Waals surface area (Å²) in [4.78, 5) is 11.6. The van der Waals surface area contributed by atoms with Gasteiger partial charge in [-0.25, -0.2) is 4.79 Å². The lowest BCUT2D eigenvalue weighted by Crippen LogP contribution is -2.51. The summed E-state index contributed by atoms with van der Waals surface area (Å²) in [6.45, 7) is -1.30. The number of carbonyl (C=O) groups is 1. The molecule has 4 nitrogen and oxygen atoms in total. The summed E-state index contributed by atoms with van der Waals surface area (Å²) in [5.74, 6) is 0. The zero-order valence-electron chi connectivity index (χ0n) is 8.50. The molecule has 1 saturated heterocycles. The molecular formula is C6H12N2O2. The maximum atomic E-state index is 10.7. The van der Waals surface area contributed by atoms with E-state index < -0.39 is 19.0 Å². The Morgan fingerprint density at radius 2 is 2.80 bits per heavy atom. The van der Waals surface area contributed by atoms with Gasteiger partial charge in [0.2, 0.25) is 0 Å². The fourth-order valence-corrected chi connectivity index (χ4v) is 0.933. The minimum Gasteiger partial charge on any atom is -0.465 e. The highest BCUT2D eigenvalue weighted by Crippen LogP contribution is 2.01. The Labute approximate surface area is 64.0 Å². The number of hydrogen-bond donors (Lipinski definition) is 2. The summed E-state index contributed by atoms with van der Waals surface area (Å²) in [6.07, 6.45) is -1.16. The van der Waals surface area contributed by atoms with Gasteiger partial charge in [0.15, 0.2) is 0 Å². The van der Waals surface area contributed by atoms with Crippen LogP contribution in [0.5, 0.6) is 0 Å². The van der Waals surface area contributed by atoms with Gasteiger partial charge in [-0.1, -0.05) is 0 Å². The Morgan fingerprint density at radius 1 is 2.00 bits per heavy atom. The second-order valence-electron chi connectivity index (χ2n) is 2.20. The third kappa shape index (κ3) is 1.39. The first-order chi connectivity index (χ1) is 5.93. The van der Waals surface area contributed by atoms with Crippen LogP contribution in [0.4, 0.5) is 4.79 Å². The number of carboxylic acid groups (broad SMARTS) is 1. The molecule has 1 aliphatic heterocycles. The normalized spacial score (nSPS) is 32.2. The van der Waals surface area contributed by atoms with Gasteiger partial charge in [-0.15, -0.1) is 0 Å². The molecule has 0 spiro atoms. The number of rotatable bonds is 0. The van der Waals surface area contributed by atoms with Crippen molar-refractivity contribution < 1.29 is 14.0 Å². The minimum absolute atomic E-state index is 0.197. The Hall–Kier alpha value is -0.770. The maximum Gasteiger partial charge on any atom is 0.407 e. The predicted octanol–water partition coefficient (Wildman–Crippen LogP) is -0.0419. The Kier molecular flexibility index (Phi) is 1.20. The van der Waals surface area contributed by atoms with Crippen LogP contribution in [0.2, 0.25) is 0 Å². The molecule has 1 heterocycles. The first kappa shape index (κ1) is 4.18. The number of nitrogens with zero attached hydrogens (tertiary/aromatic N) is 1. The molecule has 1 fully saturated rings. The third-order valence-electron chi connectivity index (χ3n) is 1.49. The summed E-state index contributed by atoms with van der Waals surface area (Å²) in [7, 11) is 0. The third-order valence-corrected chi connectivity index (χ3v) is 1.49. The monoisotopic (exact) mass is 147 g/mol. The van der Waals surface area contributed by atoms with Gasteiger partial charge in [-0.05, 0) is 6.85 Å². The van der Waals surface area contributed by atoms with Crippen molar-refractivity contribution in [2.75, 3.05) is 19.6 Å². The summed E-state index contributed by atoms with van der Waals surface area (Å²) in [5, 5.41) is 11.6. The molecule has 1 aliphatic rings. The number of hydrogen-bond acceptors (Lipinski definition) is 2. The van der Waals surface area contributed by atoms with Crippen LogP contribution in [0.3, 0.4) is 0 Å². The van der Waals surface area contributed by atoms with Gasteiger partial charge in [-0.3, -0.25) is 0 Å². The summed E-state index contributed by atoms with van der Waals surface area (Å²) in [5.41, 5.74) is 0. The van der Waals surface area contributed by atoms with Crippen molar-refractivity contribution in [1.29, 1.82) is 0 Å². The van der Waals surface area contributed by atoms with Gasteiger partial charge in [0.05, 0.1) is 0 Å². The minimum atomic E-state index is -2.24. The molecule has 1 atom stereocenters. The smallest absolute Gasteiger partial charge is 0.407 e. The Balaban J connectivity index is 2.73. The summed E-state index contributed by atoms with van der Waals surface area (Å²) < 4.78 is 21.4. The van der Waals surface area contributed by atoms with Crippen LogP contribution < -0.4 is 5.32 Å². The molecule has 0 aromatic carbocycles. The topological polar surface area (TPSA) is 52.6 Å². The van der Waals surface area contributed by atoms with E-state index in [1.165, 1.54) is 0 Å². The van der Waals surface area contributed by atoms with Gasteiger partial charge >= 0.3 is 6.09 Å². The fourth-order valence-electron chi connectivity index (χ4n) is 0.933. The zero-order valence-corrected chi connectivity index (χ0v) is 5.50. The SMILES string of the molecule is [2H]C([2H])([2H])C1CNCCN1C(=O)O. The second kappa shape index (κ2) is 2.88. The molecule has 2 N–H and O–H groups in total. The van der Waals surface area contributed by atoms with Gasteiger partial charge in [0.1, 0.15) is 0 Å². The lowest BCUT2D eigenvalue weighted by atomic mass is 10.2. The first-order valence-electron chi connectivity index (χ1n) is 4.63. The van der Waals surface area contributed by atoms with Crippen LogP contribution in [0.25, 0.3) is 0 Å². The standard InChI is InChI=1S/C6H12N2O2/c1-5-4-7-2-3-8(5)6(9)10/h5,7H,2-4H2,1H3,(H,9,10)/i1D3. The van der Waals surface area contributed by atoms with E-state index in [1.54, 1.807) is 0 Å². The quantitative estimate of drug-likeness (QED) is 0.505. The van der Waals surface area contributed by atoms with E-state index in [0.29, 0.717) is 6.54 Å². The molecule has 1 rings (SSSR count). The first-order valence-corrected chi connectivity index (χ1v) is 3.13. The highest BCUT2D eigenvalue weighted by atomic mass is 16.4. The van der Waals surface area contributed by atoms with Crippen LogP contribution in [0.1, 0.15) is 11.0 Å². The molecule has 0 aromatic heterocycles. The van der Waals surface area contributed by atoms with Gasteiger partial charge in [0, 0.05) is 29.8 Å². The average Bonchev–Trinajstić information content (AvgIpc) is 2.03. The molecule has 0 bridgehead atoms. The van der Waals surface area contributed by atoms with Crippen molar-refractivity contribution in [1.82, 2.24) is 10.2 Å². The molecule has 10 heavy (non-hydrogen) atoms. The van der Waals surface area contributed by atoms with Crippen molar-refractivity contribution in [2.45, 2.75) is 12.9 Å². The Bertz CT molecular complexity index is 207. The average molecular weight is 147 g/mol. The van der Waals surface area contributed by atoms with Crippen LogP contribution in [0.15, 0.2) is 0 Å². The lowest BCUT2D eigenvalue weighted by Gasteiger charge is -2.31. The molecule has 0 aliphatic carbocycles. The molecule has 4 heteroatoms. The lowest BCUT2D eigenvalue weighted by molar-refractivity contribution is 0.117. The van der Waals surface area contributed by atoms with E-state index in [-0.39, 0.29) is 13.1 Å². The molecule has 0 aromatic rings. The van der Waals surface area contributed by atoms with Gasteiger partial charge < -0.3 is 15.3 Å². The van der Waals surface area contributed by atoms with Gasteiger partial charge in [-0.2, -0.15) is 0 Å². The summed E-state index contributed by atoms with van der Waals surface area (Å²) >= 11 is 0. The van der Waals surface area contributed by atoms with Crippen molar-refractivity contribution in [2.24, 2.45) is 0 Å². The van der Waals surface area contributed by atoms with E-state index in [2.05, 4.69) is 5.32 Å². The van der Waals surface area contributed by atoms with E-state index in [4.69, 9.17) is 9.22 Å². The van der Waals surface area contributed by atoms with Crippen LogP contribution in [-0.2, 0) is 0 Å². The highest BCUT2D eigenvalue weighted by molar-refractivity contribution is 5.65. The molecule has 1 unspecified atom stereocenters. The predicted molar refractivity (Wildman–Crippen MR) is 37.1 cm³/mol. The van der Waals surface area contributed by atoms with E-state index in [0.717, 1.165) is 4.90 Å². The van der Waals surface area contributed by atoms with Crippen LogP contribution in [0, 0.1) is 0 Å². The largest absolute Gasteiger partial charge is 0.465 e. The molecule has 0 saturated carbocycles. The van der Waals surface area contributed by atoms with Crippen molar-refractivity contribution >= 4 is 6.09 Å². The number of nitrogens with one attached hydrogen (secondary N) is 1.